The molecule has 1 aromatic rings. The number of rotatable bonds is 0. The summed E-state index contributed by atoms with van der Waals surface area (Å²) in [7, 11) is 0. The van der Waals surface area contributed by atoms with Gasteiger partial charge in [-0.3, -0.25) is 5.41 Å². The zero-order valence-electron chi connectivity index (χ0n) is 5.23. The van der Waals surface area contributed by atoms with Gasteiger partial charge in [-0.15, -0.1) is 0 Å². The molecule has 0 aromatic heterocycles. The Labute approximate surface area is 54.5 Å². The molecule has 0 bridgehead atoms. The van der Waals surface area contributed by atoms with E-state index in [1.165, 1.54) is 0 Å². The van der Waals surface area contributed by atoms with E-state index in [9.17, 15) is 0 Å². The summed E-state index contributed by atoms with van der Waals surface area (Å²) in [5.41, 5.74) is 1.01. The van der Waals surface area contributed by atoms with Crippen molar-refractivity contribution in [1.82, 2.24) is 0 Å². The molecule has 0 aliphatic carbocycles. The molecule has 0 radical (unpaired) electrons. The van der Waals surface area contributed by atoms with Crippen LogP contribution in [0, 0.1) is 24.5 Å². The van der Waals surface area contributed by atoms with Gasteiger partial charge in [-0.05, 0) is 24.6 Å². The molecule has 1 aromatic carbocycles. The van der Waals surface area contributed by atoms with Crippen LogP contribution in [0.2, 0.25) is 0 Å². The summed E-state index contributed by atoms with van der Waals surface area (Å²) in [5, 5.41) is 7.50. The Morgan fingerprint density at radius 2 is 2.11 bits per heavy atom. The Kier molecular flexibility index (Phi) is 1.51. The van der Waals surface area contributed by atoms with Crippen molar-refractivity contribution in [3.63, 3.8) is 0 Å². The minimum Gasteiger partial charge on any atom is -0.292 e. The average molecular weight is 117 g/mol. The third kappa shape index (κ3) is 1.58. The highest BCUT2D eigenvalue weighted by atomic mass is 14.3. The minimum absolute atomic E-state index is 0.378. The maximum absolute atomic E-state index is 7.12. The average Bonchev–Trinajstić information content (AvgIpc) is 1.97. The Bertz CT molecular complexity index is 252. The van der Waals surface area contributed by atoms with Crippen LogP contribution in [-0.4, -0.2) is 0 Å². The van der Waals surface area contributed by atoms with E-state index in [1.807, 2.05) is 19.1 Å². The standard InChI is InChI=1S/C8H7N/c1-7-3-2-4-8(9)6-5-7/h2-4,9H,1H3. The molecule has 1 heteroatoms. The van der Waals surface area contributed by atoms with Gasteiger partial charge < -0.3 is 0 Å². The van der Waals surface area contributed by atoms with Crippen molar-refractivity contribution >= 4 is 0 Å². The van der Waals surface area contributed by atoms with Crippen LogP contribution in [0.3, 0.4) is 0 Å². The van der Waals surface area contributed by atoms with Gasteiger partial charge in [0.15, 0.2) is 0 Å². The Morgan fingerprint density at radius 3 is 2.89 bits per heavy atom. The highest BCUT2D eigenvalue weighted by Gasteiger charge is 1.72. The second-order valence-electron chi connectivity index (χ2n) is 1.87. The van der Waals surface area contributed by atoms with E-state index in [-0.39, 0.29) is 0 Å². The Balaban J connectivity index is 3.33. The molecule has 0 aliphatic rings. The molecule has 0 saturated carbocycles. The van der Waals surface area contributed by atoms with Crippen LogP contribution in [-0.2, 0) is 0 Å². The molecule has 0 aliphatic heterocycles. The fourth-order valence-corrected chi connectivity index (χ4v) is 0.538. The molecule has 0 unspecified atom stereocenters. The second kappa shape index (κ2) is 2.32. The van der Waals surface area contributed by atoms with Crippen molar-refractivity contribution in [2.24, 2.45) is 0 Å². The summed E-state index contributed by atoms with van der Waals surface area (Å²) >= 11 is 0. The summed E-state index contributed by atoms with van der Waals surface area (Å²) in [4.78, 5) is 0. The van der Waals surface area contributed by atoms with Gasteiger partial charge in [-0.2, -0.15) is 0 Å². The van der Waals surface area contributed by atoms with E-state index in [0.29, 0.717) is 5.36 Å². The molecule has 1 nitrogen and oxygen atoms in total. The fourth-order valence-electron chi connectivity index (χ4n) is 0.538. The van der Waals surface area contributed by atoms with Crippen LogP contribution < -0.4 is 5.36 Å². The summed E-state index contributed by atoms with van der Waals surface area (Å²) in [6.45, 7) is 1.93. The molecule has 0 fully saturated rings. The van der Waals surface area contributed by atoms with Crippen molar-refractivity contribution in [2.75, 3.05) is 0 Å². The van der Waals surface area contributed by atoms with Gasteiger partial charge in [0.05, 0.1) is 0 Å². The molecule has 0 spiro atoms. The lowest BCUT2D eigenvalue weighted by molar-refractivity contribution is 1.29. The maximum atomic E-state index is 7.12. The summed E-state index contributed by atoms with van der Waals surface area (Å²) in [6.07, 6.45) is 0. The maximum Gasteiger partial charge on any atom is 0.104 e. The molecule has 9 heavy (non-hydrogen) atoms. The molecule has 1 rings (SSSR count). The molecule has 44 valence electrons. The van der Waals surface area contributed by atoms with E-state index >= 15 is 0 Å². The van der Waals surface area contributed by atoms with Crippen molar-refractivity contribution in [3.8, 4) is 0 Å². The fraction of sp³-hybridized carbons (Fsp3) is 0.125. The van der Waals surface area contributed by atoms with E-state index in [0.717, 1.165) is 5.56 Å². The highest BCUT2D eigenvalue weighted by Crippen LogP contribution is 1.82. The van der Waals surface area contributed by atoms with Crippen LogP contribution in [0.1, 0.15) is 5.56 Å². The third-order valence-electron chi connectivity index (χ3n) is 1.00. The molecule has 1 N–H and O–H groups in total. The monoisotopic (exact) mass is 117 g/mol. The van der Waals surface area contributed by atoms with Crippen molar-refractivity contribution in [2.45, 2.75) is 6.92 Å². The quantitative estimate of drug-likeness (QED) is 0.525. The van der Waals surface area contributed by atoms with E-state index in [2.05, 4.69) is 12.1 Å². The van der Waals surface area contributed by atoms with Crippen LogP contribution >= 0.6 is 0 Å². The zero-order valence-corrected chi connectivity index (χ0v) is 5.23. The van der Waals surface area contributed by atoms with Crippen LogP contribution in [0.5, 0.6) is 0 Å². The number of aryl methyl sites for hydroxylation is 1. The molecule has 0 amide bonds. The van der Waals surface area contributed by atoms with Gasteiger partial charge in [-0.25, -0.2) is 0 Å². The zero-order chi connectivity index (χ0) is 6.69. The van der Waals surface area contributed by atoms with Crippen LogP contribution in [0.15, 0.2) is 18.2 Å². The first-order chi connectivity index (χ1) is 4.29. The summed E-state index contributed by atoms with van der Waals surface area (Å²) in [5.74, 6) is 0. The lowest BCUT2D eigenvalue weighted by atomic mass is 10.4. The topological polar surface area (TPSA) is 23.9 Å². The highest BCUT2D eigenvalue weighted by molar-refractivity contribution is 5.03. The Hall–Kier alpha value is -1.29. The van der Waals surface area contributed by atoms with Gasteiger partial charge in [0.2, 0.25) is 0 Å². The van der Waals surface area contributed by atoms with E-state index < -0.39 is 0 Å². The number of nitrogens with one attached hydrogen (secondary N) is 1. The summed E-state index contributed by atoms with van der Waals surface area (Å²) in [6, 6.07) is 10.9. The van der Waals surface area contributed by atoms with Crippen molar-refractivity contribution < 1.29 is 0 Å². The van der Waals surface area contributed by atoms with E-state index in [4.69, 9.17) is 5.41 Å². The van der Waals surface area contributed by atoms with Crippen LogP contribution in [0.25, 0.3) is 0 Å². The van der Waals surface area contributed by atoms with Gasteiger partial charge in [0.1, 0.15) is 5.36 Å². The Morgan fingerprint density at radius 1 is 1.33 bits per heavy atom. The molecule has 0 saturated heterocycles. The molecule has 0 atom stereocenters. The predicted octanol–water partition coefficient (Wildman–Crippen LogP) is 1.07. The minimum atomic E-state index is 0.378. The third-order valence-corrected chi connectivity index (χ3v) is 1.00. The SMILES string of the molecule is Cc1c#cc(=N)ccc1. The van der Waals surface area contributed by atoms with Crippen molar-refractivity contribution in [3.05, 3.63) is 41.3 Å². The lowest BCUT2D eigenvalue weighted by Gasteiger charge is -1.69. The first kappa shape index (κ1) is 5.84. The largest absolute Gasteiger partial charge is 0.292 e. The van der Waals surface area contributed by atoms with Gasteiger partial charge in [-0.1, -0.05) is 18.2 Å². The van der Waals surface area contributed by atoms with E-state index in [1.54, 1.807) is 6.07 Å². The second-order valence-corrected chi connectivity index (χ2v) is 1.87. The first-order valence-electron chi connectivity index (χ1n) is 2.74. The molecule has 0 heterocycles. The molecular weight excluding hydrogens is 110 g/mol. The number of hydrogen-bond donors (Lipinski definition) is 1. The number of hydrogen-bond acceptors (Lipinski definition) is 1. The summed E-state index contributed by atoms with van der Waals surface area (Å²) < 4.78 is 0. The van der Waals surface area contributed by atoms with Gasteiger partial charge in [0.25, 0.3) is 0 Å². The van der Waals surface area contributed by atoms with Crippen molar-refractivity contribution in [1.29, 1.82) is 5.41 Å². The van der Waals surface area contributed by atoms with Gasteiger partial charge >= 0.3 is 0 Å². The van der Waals surface area contributed by atoms with Gasteiger partial charge in [0, 0.05) is 0 Å². The lowest BCUT2D eigenvalue weighted by Crippen LogP contribution is -1.86. The molecular formula is C8H7N. The smallest absolute Gasteiger partial charge is 0.104 e. The first-order valence-corrected chi connectivity index (χ1v) is 2.74. The normalized spacial score (nSPS) is 8.11. The predicted molar refractivity (Wildman–Crippen MR) is 34.7 cm³/mol. The van der Waals surface area contributed by atoms with Crippen LogP contribution in [0.4, 0.5) is 0 Å².